The molecule has 26 heavy (non-hydrogen) atoms. The Hall–Kier alpha value is -3.48. The van der Waals surface area contributed by atoms with Gasteiger partial charge in [-0.15, -0.1) is 0 Å². The van der Waals surface area contributed by atoms with E-state index in [-0.39, 0.29) is 30.1 Å². The molecule has 0 aromatic heterocycles. The van der Waals surface area contributed by atoms with Gasteiger partial charge in [0.1, 0.15) is 5.75 Å². The van der Waals surface area contributed by atoms with Gasteiger partial charge < -0.3 is 9.84 Å². The lowest BCUT2D eigenvalue weighted by Gasteiger charge is -2.04. The van der Waals surface area contributed by atoms with Gasteiger partial charge in [0.25, 0.3) is 5.69 Å². The molecule has 7 heteroatoms. The second-order valence-corrected chi connectivity index (χ2v) is 5.52. The number of ether oxygens (including phenoxy) is 1. The summed E-state index contributed by atoms with van der Waals surface area (Å²) in [6.45, 7) is 1.69. The van der Waals surface area contributed by atoms with Crippen LogP contribution in [-0.4, -0.2) is 28.4 Å². The number of allylic oxidation sites excluding steroid dienone is 1. The highest BCUT2D eigenvalue weighted by molar-refractivity contribution is 6.07. The van der Waals surface area contributed by atoms with Crippen LogP contribution in [0.25, 0.3) is 6.08 Å². The first-order valence-corrected chi connectivity index (χ1v) is 7.79. The minimum Gasteiger partial charge on any atom is -0.493 e. The summed E-state index contributed by atoms with van der Waals surface area (Å²) in [5.74, 6) is -0.738. The van der Waals surface area contributed by atoms with Crippen LogP contribution in [0, 0.1) is 17.0 Å². The van der Waals surface area contributed by atoms with E-state index >= 15 is 0 Å². The van der Waals surface area contributed by atoms with Crippen LogP contribution < -0.4 is 4.74 Å². The van der Waals surface area contributed by atoms with Crippen molar-refractivity contribution in [1.29, 1.82) is 0 Å². The minimum atomic E-state index is -0.931. The van der Waals surface area contributed by atoms with Crippen molar-refractivity contribution < 1.29 is 24.4 Å². The molecule has 0 spiro atoms. The average Bonchev–Trinajstić information content (AvgIpc) is 2.60. The molecule has 2 aromatic rings. The molecule has 0 bridgehead atoms. The molecule has 0 amide bonds. The first-order valence-electron chi connectivity index (χ1n) is 7.79. The molecule has 0 saturated heterocycles. The van der Waals surface area contributed by atoms with Crippen LogP contribution in [0.3, 0.4) is 0 Å². The lowest BCUT2D eigenvalue weighted by Crippen LogP contribution is -2.04. The minimum absolute atomic E-state index is 0.0786. The summed E-state index contributed by atoms with van der Waals surface area (Å²) in [5.41, 5.74) is 1.39. The summed E-state index contributed by atoms with van der Waals surface area (Å²) < 4.78 is 5.28. The highest BCUT2D eigenvalue weighted by Gasteiger charge is 2.13. The second kappa shape index (κ2) is 8.57. The van der Waals surface area contributed by atoms with E-state index in [4.69, 9.17) is 9.84 Å². The van der Waals surface area contributed by atoms with Crippen LogP contribution in [0.15, 0.2) is 48.5 Å². The Labute approximate surface area is 149 Å². The van der Waals surface area contributed by atoms with Crippen LogP contribution in [0.5, 0.6) is 5.75 Å². The number of carboxylic acid groups (broad SMARTS) is 1. The van der Waals surface area contributed by atoms with Crippen molar-refractivity contribution in [3.8, 4) is 5.75 Å². The van der Waals surface area contributed by atoms with Gasteiger partial charge in [-0.3, -0.25) is 19.7 Å². The Morgan fingerprint density at radius 1 is 1.19 bits per heavy atom. The number of carbonyl (C=O) groups is 2. The molecule has 0 radical (unpaired) electrons. The number of nitro benzene ring substituents is 1. The van der Waals surface area contributed by atoms with E-state index in [1.807, 2.05) is 0 Å². The Kier molecular flexibility index (Phi) is 6.21. The van der Waals surface area contributed by atoms with Gasteiger partial charge in [0.05, 0.1) is 18.0 Å². The molecule has 134 valence electrons. The number of hydrogen-bond acceptors (Lipinski definition) is 5. The molecule has 0 heterocycles. The molecule has 0 aliphatic heterocycles. The molecule has 0 fully saturated rings. The summed E-state index contributed by atoms with van der Waals surface area (Å²) in [7, 11) is 0. The number of carboxylic acids is 1. The fourth-order valence-corrected chi connectivity index (χ4v) is 2.16. The van der Waals surface area contributed by atoms with Gasteiger partial charge in [-0.25, -0.2) is 0 Å². The maximum absolute atomic E-state index is 12.2. The Balaban J connectivity index is 2.03. The summed E-state index contributed by atoms with van der Waals surface area (Å²) in [4.78, 5) is 33.1. The molecular formula is C19H17NO6. The number of aryl methyl sites for hydroxylation is 1. The zero-order valence-electron chi connectivity index (χ0n) is 14.0. The lowest BCUT2D eigenvalue weighted by atomic mass is 10.1. The van der Waals surface area contributed by atoms with E-state index in [1.165, 1.54) is 12.1 Å². The second-order valence-electron chi connectivity index (χ2n) is 5.52. The summed E-state index contributed by atoms with van der Waals surface area (Å²) in [5, 5.41) is 19.5. The molecule has 0 aliphatic carbocycles. The SMILES string of the molecule is Cc1ccc(C(=O)/C=C/c2ccc(OCCC(=O)O)cc2)cc1[N+](=O)[O-]. The molecular weight excluding hydrogens is 338 g/mol. The summed E-state index contributed by atoms with van der Waals surface area (Å²) in [6.07, 6.45) is 2.85. The van der Waals surface area contributed by atoms with Crippen LogP contribution in [-0.2, 0) is 4.79 Å². The van der Waals surface area contributed by atoms with Crippen molar-refractivity contribution >= 4 is 23.5 Å². The van der Waals surface area contributed by atoms with Gasteiger partial charge in [0.15, 0.2) is 5.78 Å². The number of nitro groups is 1. The smallest absolute Gasteiger partial charge is 0.306 e. The number of carbonyl (C=O) groups excluding carboxylic acids is 1. The van der Waals surface area contributed by atoms with Gasteiger partial charge in [-0.1, -0.05) is 30.3 Å². The van der Waals surface area contributed by atoms with Crippen LogP contribution in [0.1, 0.15) is 27.9 Å². The zero-order chi connectivity index (χ0) is 19.1. The van der Waals surface area contributed by atoms with Crippen molar-refractivity contribution in [3.05, 3.63) is 75.3 Å². The van der Waals surface area contributed by atoms with E-state index in [1.54, 1.807) is 49.4 Å². The lowest BCUT2D eigenvalue weighted by molar-refractivity contribution is -0.385. The number of hydrogen-bond donors (Lipinski definition) is 1. The quantitative estimate of drug-likeness (QED) is 0.335. The summed E-state index contributed by atoms with van der Waals surface area (Å²) >= 11 is 0. The third-order valence-corrected chi connectivity index (χ3v) is 3.58. The van der Waals surface area contributed by atoms with Crippen molar-refractivity contribution in [3.63, 3.8) is 0 Å². The number of benzene rings is 2. The van der Waals surface area contributed by atoms with Gasteiger partial charge in [-0.05, 0) is 30.7 Å². The third-order valence-electron chi connectivity index (χ3n) is 3.58. The van der Waals surface area contributed by atoms with Crippen LogP contribution in [0.2, 0.25) is 0 Å². The van der Waals surface area contributed by atoms with Gasteiger partial charge >= 0.3 is 5.97 Å². The molecule has 0 saturated carbocycles. The highest BCUT2D eigenvalue weighted by Crippen LogP contribution is 2.20. The molecule has 0 aliphatic rings. The van der Waals surface area contributed by atoms with E-state index in [0.717, 1.165) is 5.56 Å². The molecule has 0 atom stereocenters. The normalized spacial score (nSPS) is 10.7. The predicted molar refractivity (Wildman–Crippen MR) is 95.4 cm³/mol. The molecule has 1 N–H and O–H groups in total. The summed E-state index contributed by atoms with van der Waals surface area (Å²) in [6, 6.07) is 11.1. The average molecular weight is 355 g/mol. The van der Waals surface area contributed by atoms with E-state index in [9.17, 15) is 19.7 Å². The Morgan fingerprint density at radius 3 is 2.50 bits per heavy atom. The Bertz CT molecular complexity index is 855. The monoisotopic (exact) mass is 355 g/mol. The third kappa shape index (κ3) is 5.27. The van der Waals surface area contributed by atoms with E-state index < -0.39 is 10.9 Å². The number of nitrogens with zero attached hydrogens (tertiary/aromatic N) is 1. The van der Waals surface area contributed by atoms with Gasteiger partial charge in [0, 0.05) is 17.2 Å². The van der Waals surface area contributed by atoms with Crippen LogP contribution >= 0.6 is 0 Å². The van der Waals surface area contributed by atoms with Gasteiger partial charge in [0.2, 0.25) is 0 Å². The van der Waals surface area contributed by atoms with E-state index in [2.05, 4.69) is 0 Å². The fourth-order valence-electron chi connectivity index (χ4n) is 2.16. The van der Waals surface area contributed by atoms with Crippen molar-refractivity contribution in [2.24, 2.45) is 0 Å². The standard InChI is InChI=1S/C19H17NO6/c1-13-2-6-15(12-17(13)20(24)25)18(21)9-5-14-3-7-16(8-4-14)26-11-10-19(22)23/h2-9,12H,10-11H2,1H3,(H,22,23)/b9-5+. The topological polar surface area (TPSA) is 107 Å². The first kappa shape index (κ1) is 18.9. The fraction of sp³-hybridized carbons (Fsp3) is 0.158. The van der Waals surface area contributed by atoms with Gasteiger partial charge in [-0.2, -0.15) is 0 Å². The predicted octanol–water partition coefficient (Wildman–Crippen LogP) is 3.65. The highest BCUT2D eigenvalue weighted by atomic mass is 16.6. The molecule has 7 nitrogen and oxygen atoms in total. The van der Waals surface area contributed by atoms with Crippen molar-refractivity contribution in [2.45, 2.75) is 13.3 Å². The number of aliphatic carboxylic acids is 1. The van der Waals surface area contributed by atoms with Crippen LogP contribution in [0.4, 0.5) is 5.69 Å². The van der Waals surface area contributed by atoms with E-state index in [0.29, 0.717) is 11.3 Å². The number of ketones is 1. The number of rotatable bonds is 8. The molecule has 2 aromatic carbocycles. The molecule has 2 rings (SSSR count). The maximum atomic E-state index is 12.2. The molecule has 0 unspecified atom stereocenters. The first-order chi connectivity index (χ1) is 12.4. The van der Waals surface area contributed by atoms with Crippen molar-refractivity contribution in [1.82, 2.24) is 0 Å². The largest absolute Gasteiger partial charge is 0.493 e. The van der Waals surface area contributed by atoms with Crippen molar-refractivity contribution in [2.75, 3.05) is 6.61 Å². The zero-order valence-corrected chi connectivity index (χ0v) is 14.0. The maximum Gasteiger partial charge on any atom is 0.306 e. The Morgan fingerprint density at radius 2 is 1.88 bits per heavy atom.